The van der Waals surface area contributed by atoms with Crippen LogP contribution >= 0.6 is 11.8 Å². The summed E-state index contributed by atoms with van der Waals surface area (Å²) in [5, 5.41) is 12.2. The third-order valence-electron chi connectivity index (χ3n) is 4.42. The Morgan fingerprint density at radius 1 is 1.10 bits per heavy atom. The number of fused-ring (bicyclic) bond motifs is 1. The maximum atomic E-state index is 13.2. The van der Waals surface area contributed by atoms with Crippen molar-refractivity contribution in [3.63, 3.8) is 0 Å². The van der Waals surface area contributed by atoms with Crippen molar-refractivity contribution >= 4 is 28.4 Å². The molecule has 0 saturated carbocycles. The molecule has 144 valence electrons. The summed E-state index contributed by atoms with van der Waals surface area (Å²) in [6, 6.07) is 17.3. The van der Waals surface area contributed by atoms with E-state index in [1.54, 1.807) is 42.6 Å². The lowest BCUT2D eigenvalue weighted by atomic mass is 10.2. The van der Waals surface area contributed by atoms with Gasteiger partial charge >= 0.3 is 0 Å². The number of rotatable bonds is 5. The Bertz CT molecular complexity index is 1290. The monoisotopic (exact) mass is 404 g/mol. The van der Waals surface area contributed by atoms with Gasteiger partial charge in [-0.25, -0.2) is 14.5 Å². The minimum absolute atomic E-state index is 0.0448. The van der Waals surface area contributed by atoms with E-state index in [4.69, 9.17) is 0 Å². The predicted molar refractivity (Wildman–Crippen MR) is 113 cm³/mol. The van der Waals surface area contributed by atoms with Gasteiger partial charge in [0.1, 0.15) is 5.82 Å². The highest BCUT2D eigenvalue weighted by Gasteiger charge is 2.17. The quantitative estimate of drug-likeness (QED) is 0.213. The Balaban J connectivity index is 1.84. The molecule has 8 heteroatoms. The highest BCUT2D eigenvalue weighted by Crippen LogP contribution is 2.28. The first kappa shape index (κ1) is 18.8. The molecule has 2 aromatic heterocycles. The van der Waals surface area contributed by atoms with Crippen LogP contribution in [0.1, 0.15) is 11.1 Å². The van der Waals surface area contributed by atoms with Gasteiger partial charge in [-0.15, -0.1) is 0 Å². The number of hydrogen-bond donors (Lipinski definition) is 0. The fourth-order valence-electron chi connectivity index (χ4n) is 3.01. The SMILES string of the molecule is Cc1ccnc(-n2c(SCc3ccccc3[N+](=O)[O-])nc3ccccc3c2=O)c1. The maximum absolute atomic E-state index is 13.2. The summed E-state index contributed by atoms with van der Waals surface area (Å²) >= 11 is 1.27. The summed E-state index contributed by atoms with van der Waals surface area (Å²) in [4.78, 5) is 33.1. The zero-order chi connectivity index (χ0) is 20.4. The second kappa shape index (κ2) is 7.84. The fraction of sp³-hybridized carbons (Fsp3) is 0.0952. The second-order valence-electron chi connectivity index (χ2n) is 6.42. The van der Waals surface area contributed by atoms with Crippen LogP contribution in [0.4, 0.5) is 5.69 Å². The molecule has 0 amide bonds. The molecule has 4 aromatic rings. The molecular formula is C21H16N4O3S. The fourth-order valence-corrected chi connectivity index (χ4v) is 4.00. The first-order chi connectivity index (χ1) is 14.0. The van der Waals surface area contributed by atoms with Crippen molar-refractivity contribution in [2.24, 2.45) is 0 Å². The van der Waals surface area contributed by atoms with Gasteiger partial charge in [-0.3, -0.25) is 14.9 Å². The van der Waals surface area contributed by atoms with Crippen molar-refractivity contribution in [1.82, 2.24) is 14.5 Å². The summed E-state index contributed by atoms with van der Waals surface area (Å²) in [6.45, 7) is 1.92. The molecule has 2 heterocycles. The number of nitro benzene ring substituents is 1. The number of hydrogen-bond acceptors (Lipinski definition) is 6. The van der Waals surface area contributed by atoms with Gasteiger partial charge in [0.2, 0.25) is 0 Å². The molecule has 7 nitrogen and oxygen atoms in total. The van der Waals surface area contributed by atoms with Gasteiger partial charge in [0, 0.05) is 23.6 Å². The number of aryl methyl sites for hydroxylation is 1. The van der Waals surface area contributed by atoms with E-state index in [1.807, 2.05) is 25.1 Å². The van der Waals surface area contributed by atoms with Crippen LogP contribution in [0.15, 0.2) is 76.8 Å². The minimum Gasteiger partial charge on any atom is -0.268 e. The van der Waals surface area contributed by atoms with Crippen LogP contribution < -0.4 is 5.56 Å². The Morgan fingerprint density at radius 3 is 2.66 bits per heavy atom. The number of benzene rings is 2. The van der Waals surface area contributed by atoms with Crippen LogP contribution in [0, 0.1) is 17.0 Å². The standard InChI is InChI=1S/C21H16N4O3S/c1-14-10-11-22-19(12-14)24-20(26)16-7-3-4-8-17(16)23-21(24)29-13-15-6-2-5-9-18(15)25(27)28/h2-12H,13H2,1H3. The topological polar surface area (TPSA) is 90.9 Å². The van der Waals surface area contributed by atoms with Crippen molar-refractivity contribution in [1.29, 1.82) is 0 Å². The summed E-state index contributed by atoms with van der Waals surface area (Å²) in [5.41, 5.74) is 1.92. The maximum Gasteiger partial charge on any atom is 0.273 e. The van der Waals surface area contributed by atoms with Crippen LogP contribution in [0.3, 0.4) is 0 Å². The Hall–Kier alpha value is -3.52. The molecule has 0 atom stereocenters. The predicted octanol–water partition coefficient (Wildman–Crippen LogP) is 4.29. The molecule has 0 N–H and O–H groups in total. The van der Waals surface area contributed by atoms with Gasteiger partial charge in [-0.2, -0.15) is 0 Å². The highest BCUT2D eigenvalue weighted by atomic mass is 32.2. The number of aromatic nitrogens is 3. The lowest BCUT2D eigenvalue weighted by molar-refractivity contribution is -0.385. The van der Waals surface area contributed by atoms with Gasteiger partial charge in [0.25, 0.3) is 11.2 Å². The minimum atomic E-state index is -0.404. The van der Waals surface area contributed by atoms with E-state index in [1.165, 1.54) is 22.4 Å². The second-order valence-corrected chi connectivity index (χ2v) is 7.36. The van der Waals surface area contributed by atoms with Gasteiger partial charge < -0.3 is 0 Å². The third-order valence-corrected chi connectivity index (χ3v) is 5.41. The van der Waals surface area contributed by atoms with E-state index >= 15 is 0 Å². The van der Waals surface area contributed by atoms with Crippen LogP contribution in [-0.2, 0) is 5.75 Å². The molecular weight excluding hydrogens is 388 g/mol. The van der Waals surface area contributed by atoms with Gasteiger partial charge in [0.15, 0.2) is 5.16 Å². The Kier molecular flexibility index (Phi) is 5.09. The normalized spacial score (nSPS) is 10.9. The first-order valence-electron chi connectivity index (χ1n) is 8.84. The summed E-state index contributed by atoms with van der Waals surface area (Å²) in [7, 11) is 0. The third kappa shape index (κ3) is 3.74. The largest absolute Gasteiger partial charge is 0.273 e. The lowest BCUT2D eigenvalue weighted by Crippen LogP contribution is -2.22. The van der Waals surface area contributed by atoms with E-state index < -0.39 is 4.92 Å². The van der Waals surface area contributed by atoms with E-state index in [9.17, 15) is 14.9 Å². The average molecular weight is 404 g/mol. The molecule has 0 spiro atoms. The van der Waals surface area contributed by atoms with E-state index in [-0.39, 0.29) is 11.2 Å². The van der Waals surface area contributed by atoms with Crippen LogP contribution in [0.5, 0.6) is 0 Å². The molecule has 0 aliphatic rings. The molecule has 0 aliphatic heterocycles. The Labute approximate surface area is 170 Å². The zero-order valence-electron chi connectivity index (χ0n) is 15.5. The Morgan fingerprint density at radius 2 is 1.86 bits per heavy atom. The molecule has 2 aromatic carbocycles. The molecule has 0 radical (unpaired) electrons. The molecule has 0 unspecified atom stereocenters. The van der Waals surface area contributed by atoms with Gasteiger partial charge in [-0.05, 0) is 36.8 Å². The smallest absolute Gasteiger partial charge is 0.268 e. The molecule has 0 fully saturated rings. The van der Waals surface area contributed by atoms with E-state index in [0.717, 1.165) is 5.56 Å². The summed E-state index contributed by atoms with van der Waals surface area (Å²) in [5.74, 6) is 0.770. The van der Waals surface area contributed by atoms with E-state index in [2.05, 4.69) is 9.97 Å². The van der Waals surface area contributed by atoms with Gasteiger partial charge in [0.05, 0.1) is 15.8 Å². The number of nitrogens with zero attached hydrogens (tertiary/aromatic N) is 4. The lowest BCUT2D eigenvalue weighted by Gasteiger charge is -2.13. The summed E-state index contributed by atoms with van der Waals surface area (Å²) in [6.07, 6.45) is 1.64. The van der Waals surface area contributed by atoms with Crippen LogP contribution in [0.25, 0.3) is 16.7 Å². The number of nitro groups is 1. The van der Waals surface area contributed by atoms with Crippen molar-refractivity contribution in [2.75, 3.05) is 0 Å². The van der Waals surface area contributed by atoms with E-state index in [0.29, 0.717) is 33.2 Å². The van der Waals surface area contributed by atoms with Crippen molar-refractivity contribution < 1.29 is 4.92 Å². The van der Waals surface area contributed by atoms with Crippen LogP contribution in [-0.4, -0.2) is 19.5 Å². The highest BCUT2D eigenvalue weighted by molar-refractivity contribution is 7.98. The molecule has 0 bridgehead atoms. The first-order valence-corrected chi connectivity index (χ1v) is 9.83. The summed E-state index contributed by atoms with van der Waals surface area (Å²) < 4.78 is 1.47. The molecule has 0 aliphatic carbocycles. The van der Waals surface area contributed by atoms with Crippen molar-refractivity contribution in [3.8, 4) is 5.82 Å². The number of para-hydroxylation sites is 2. The number of thioether (sulfide) groups is 1. The van der Waals surface area contributed by atoms with Crippen molar-refractivity contribution in [3.05, 3.63) is 98.5 Å². The average Bonchev–Trinajstić information content (AvgIpc) is 2.72. The number of pyridine rings is 1. The van der Waals surface area contributed by atoms with Gasteiger partial charge in [-0.1, -0.05) is 42.1 Å². The van der Waals surface area contributed by atoms with Crippen LogP contribution in [0.2, 0.25) is 0 Å². The molecule has 29 heavy (non-hydrogen) atoms. The molecule has 0 saturated heterocycles. The zero-order valence-corrected chi connectivity index (χ0v) is 16.3. The van der Waals surface area contributed by atoms with Crippen molar-refractivity contribution in [2.45, 2.75) is 17.8 Å². The molecule has 4 rings (SSSR count).